The molecule has 2 aliphatic heterocycles. The third-order valence-electron chi connectivity index (χ3n) is 3.41. The van der Waals surface area contributed by atoms with Crippen molar-refractivity contribution < 1.29 is 23.0 Å². The van der Waals surface area contributed by atoms with Crippen molar-refractivity contribution in [2.24, 2.45) is 4.99 Å². The summed E-state index contributed by atoms with van der Waals surface area (Å²) < 4.78 is 36.4. The molecule has 0 N–H and O–H groups in total. The molecule has 7 nitrogen and oxygen atoms in total. The first-order chi connectivity index (χ1) is 11.9. The highest BCUT2D eigenvalue weighted by atomic mass is 32.2. The average Bonchev–Trinajstić information content (AvgIpc) is 3.23. The molecule has 0 unspecified atom stereocenters. The van der Waals surface area contributed by atoms with Crippen molar-refractivity contribution in [2.75, 3.05) is 11.4 Å². The van der Waals surface area contributed by atoms with Crippen molar-refractivity contribution in [3.63, 3.8) is 0 Å². The smallest absolute Gasteiger partial charge is 0.395 e. The van der Waals surface area contributed by atoms with E-state index in [1.165, 1.54) is 47.2 Å². The average molecular weight is 364 g/mol. The first kappa shape index (κ1) is 15.6. The van der Waals surface area contributed by atoms with E-state index in [1.807, 2.05) is 0 Å². The predicted octanol–water partition coefficient (Wildman–Crippen LogP) is 3.30. The summed E-state index contributed by atoms with van der Waals surface area (Å²) in [6, 6.07) is 3.85. The molecule has 3 heterocycles. The second-order valence-electron chi connectivity index (χ2n) is 5.17. The van der Waals surface area contributed by atoms with Crippen molar-refractivity contribution in [2.45, 2.75) is 6.29 Å². The van der Waals surface area contributed by atoms with Gasteiger partial charge in [0.25, 0.3) is 0 Å². The van der Waals surface area contributed by atoms with E-state index in [4.69, 9.17) is 0 Å². The summed E-state index contributed by atoms with van der Waals surface area (Å²) in [7, 11) is 0. The molecule has 2 aliphatic rings. The van der Waals surface area contributed by atoms with Gasteiger partial charge in [-0.15, -0.1) is 8.78 Å². The van der Waals surface area contributed by atoms with Crippen molar-refractivity contribution in [1.29, 1.82) is 0 Å². The number of carbonyl (C=O) groups is 1. The number of alkyl halides is 2. The number of ether oxygens (including phenoxy) is 2. The van der Waals surface area contributed by atoms with Gasteiger partial charge in [-0.1, -0.05) is 18.3 Å². The summed E-state index contributed by atoms with van der Waals surface area (Å²) in [4.78, 5) is 22.4. The SMILES string of the molecule is C=C1CN(c2ccc3c(c2)OC(F)(F)O3)/C(=N/C(=O)n2ccnc2)S1. The maximum Gasteiger partial charge on any atom is 0.586 e. The first-order valence-corrected chi connectivity index (χ1v) is 7.87. The lowest BCUT2D eigenvalue weighted by atomic mass is 10.2. The van der Waals surface area contributed by atoms with Gasteiger partial charge in [-0.2, -0.15) is 4.99 Å². The van der Waals surface area contributed by atoms with Crippen LogP contribution in [0.5, 0.6) is 11.5 Å². The molecule has 1 aromatic heterocycles. The van der Waals surface area contributed by atoms with E-state index in [-0.39, 0.29) is 11.5 Å². The normalized spacial score (nSPS) is 19.7. The number of amidine groups is 1. The maximum absolute atomic E-state index is 13.2. The zero-order chi connectivity index (χ0) is 17.6. The number of thioether (sulfide) groups is 1. The lowest BCUT2D eigenvalue weighted by Crippen LogP contribution is -2.26. The van der Waals surface area contributed by atoms with Gasteiger partial charge in [0.2, 0.25) is 0 Å². The van der Waals surface area contributed by atoms with E-state index in [0.29, 0.717) is 17.4 Å². The second-order valence-corrected chi connectivity index (χ2v) is 6.32. The number of imidazole rings is 1. The lowest BCUT2D eigenvalue weighted by Gasteiger charge is -2.17. The lowest BCUT2D eigenvalue weighted by molar-refractivity contribution is -0.286. The molecule has 0 aliphatic carbocycles. The molecular formula is C15H10F2N4O3S. The van der Waals surface area contributed by atoms with Gasteiger partial charge in [0, 0.05) is 29.1 Å². The fourth-order valence-electron chi connectivity index (χ4n) is 2.36. The van der Waals surface area contributed by atoms with Crippen LogP contribution in [0, 0.1) is 0 Å². The van der Waals surface area contributed by atoms with Crippen LogP contribution < -0.4 is 14.4 Å². The third kappa shape index (κ3) is 2.95. The Bertz CT molecular complexity index is 898. The Morgan fingerprint density at radius 2 is 2.16 bits per heavy atom. The van der Waals surface area contributed by atoms with E-state index in [1.54, 1.807) is 11.0 Å². The number of hydrogen-bond acceptors (Lipinski definition) is 5. The number of amides is 1. The van der Waals surface area contributed by atoms with Crippen LogP contribution in [-0.2, 0) is 0 Å². The molecule has 0 saturated carbocycles. The minimum atomic E-state index is -3.68. The van der Waals surface area contributed by atoms with Crippen LogP contribution in [0.25, 0.3) is 0 Å². The predicted molar refractivity (Wildman–Crippen MR) is 87.2 cm³/mol. The van der Waals surface area contributed by atoms with Crippen LogP contribution in [0.2, 0.25) is 0 Å². The maximum atomic E-state index is 13.2. The number of fused-ring (bicyclic) bond motifs is 1. The van der Waals surface area contributed by atoms with Crippen LogP contribution in [0.15, 0.2) is 53.4 Å². The Morgan fingerprint density at radius 1 is 1.36 bits per heavy atom. The molecule has 0 spiro atoms. The van der Waals surface area contributed by atoms with Gasteiger partial charge in [0.15, 0.2) is 16.7 Å². The number of aliphatic imine (C=N–C) groups is 1. The molecule has 2 aromatic rings. The molecule has 0 atom stereocenters. The standard InChI is InChI=1S/C15H10F2N4O3S/c1-9-7-21(14(25-9)19-13(22)20-5-4-18-8-20)10-2-3-11-12(6-10)24-15(16,17)23-11/h2-6,8H,1,7H2/b19-14-. The van der Waals surface area contributed by atoms with E-state index >= 15 is 0 Å². The molecule has 128 valence electrons. The van der Waals surface area contributed by atoms with Crippen LogP contribution in [0.4, 0.5) is 19.3 Å². The molecule has 0 radical (unpaired) electrons. The van der Waals surface area contributed by atoms with E-state index < -0.39 is 12.3 Å². The van der Waals surface area contributed by atoms with Crippen molar-refractivity contribution >= 4 is 28.6 Å². The molecule has 1 amide bonds. The van der Waals surface area contributed by atoms with Gasteiger partial charge in [0.1, 0.15) is 6.33 Å². The fraction of sp³-hybridized carbons (Fsp3) is 0.133. The van der Waals surface area contributed by atoms with E-state index in [9.17, 15) is 13.6 Å². The van der Waals surface area contributed by atoms with Crippen molar-refractivity contribution in [1.82, 2.24) is 9.55 Å². The second kappa shape index (κ2) is 5.59. The number of anilines is 1. The summed E-state index contributed by atoms with van der Waals surface area (Å²) in [6.07, 6.45) is 0.606. The highest BCUT2D eigenvalue weighted by Gasteiger charge is 2.43. The molecule has 1 fully saturated rings. The topological polar surface area (TPSA) is 69.0 Å². The number of hydrogen-bond donors (Lipinski definition) is 0. The van der Waals surface area contributed by atoms with Crippen LogP contribution in [0.3, 0.4) is 0 Å². The zero-order valence-electron chi connectivity index (χ0n) is 12.6. The summed E-state index contributed by atoms with van der Waals surface area (Å²) in [5.74, 6) is -0.127. The minimum absolute atomic E-state index is 0.0487. The Labute approximate surface area is 144 Å². The summed E-state index contributed by atoms with van der Waals surface area (Å²) in [5, 5.41) is 0.384. The highest BCUT2D eigenvalue weighted by Crippen LogP contribution is 2.44. The van der Waals surface area contributed by atoms with Gasteiger partial charge >= 0.3 is 12.3 Å². The quantitative estimate of drug-likeness (QED) is 0.773. The molecule has 0 bridgehead atoms. The number of benzene rings is 1. The number of rotatable bonds is 1. The largest absolute Gasteiger partial charge is 0.586 e. The number of aromatic nitrogens is 2. The molecule has 1 saturated heterocycles. The van der Waals surface area contributed by atoms with Crippen LogP contribution >= 0.6 is 11.8 Å². The van der Waals surface area contributed by atoms with E-state index in [0.717, 1.165) is 4.91 Å². The van der Waals surface area contributed by atoms with Gasteiger partial charge in [-0.05, 0) is 12.1 Å². The molecule has 25 heavy (non-hydrogen) atoms. The molecule has 10 heteroatoms. The van der Waals surface area contributed by atoms with Crippen molar-refractivity contribution in [3.8, 4) is 11.5 Å². The number of nitrogens with zero attached hydrogens (tertiary/aromatic N) is 4. The zero-order valence-corrected chi connectivity index (χ0v) is 13.4. The van der Waals surface area contributed by atoms with Gasteiger partial charge in [-0.25, -0.2) is 9.78 Å². The summed E-state index contributed by atoms with van der Waals surface area (Å²) in [5.41, 5.74) is 0.531. The molecular weight excluding hydrogens is 354 g/mol. The summed E-state index contributed by atoms with van der Waals surface area (Å²) in [6.45, 7) is 4.27. The summed E-state index contributed by atoms with van der Waals surface area (Å²) >= 11 is 1.23. The Hall–Kier alpha value is -2.88. The van der Waals surface area contributed by atoms with Crippen LogP contribution in [-0.4, -0.2) is 33.6 Å². The minimum Gasteiger partial charge on any atom is -0.395 e. The van der Waals surface area contributed by atoms with Gasteiger partial charge in [0.05, 0.1) is 6.54 Å². The Balaban J connectivity index is 1.65. The highest BCUT2D eigenvalue weighted by molar-refractivity contribution is 8.18. The number of halogens is 2. The number of carbonyl (C=O) groups excluding carboxylic acids is 1. The monoisotopic (exact) mass is 364 g/mol. The van der Waals surface area contributed by atoms with Crippen LogP contribution in [0.1, 0.15) is 0 Å². The Morgan fingerprint density at radius 3 is 2.92 bits per heavy atom. The van der Waals surface area contributed by atoms with Gasteiger partial charge < -0.3 is 14.4 Å². The molecule has 4 rings (SSSR count). The van der Waals surface area contributed by atoms with Crippen molar-refractivity contribution in [3.05, 3.63) is 48.4 Å². The first-order valence-electron chi connectivity index (χ1n) is 7.05. The van der Waals surface area contributed by atoms with E-state index in [2.05, 4.69) is 26.0 Å². The van der Waals surface area contributed by atoms with Gasteiger partial charge in [-0.3, -0.25) is 4.57 Å². The fourth-order valence-corrected chi connectivity index (χ4v) is 3.22. The Kier molecular flexibility index (Phi) is 3.49. The molecule has 1 aromatic carbocycles. The third-order valence-corrected chi connectivity index (χ3v) is 4.33.